The average molecular weight is 253 g/mol. The third-order valence-corrected chi connectivity index (χ3v) is 5.39. The lowest BCUT2D eigenvalue weighted by Gasteiger charge is -2.47. The summed E-state index contributed by atoms with van der Waals surface area (Å²) in [5.74, 6) is 1.72. The van der Waals surface area contributed by atoms with Gasteiger partial charge in [0.2, 0.25) is 0 Å². The Labute approximate surface area is 113 Å². The lowest BCUT2D eigenvalue weighted by Crippen LogP contribution is -2.56. The molecule has 0 aromatic carbocycles. The van der Waals surface area contributed by atoms with Gasteiger partial charge in [-0.15, -0.1) is 0 Å². The molecule has 4 unspecified atom stereocenters. The molecule has 0 amide bonds. The molecule has 2 heteroatoms. The molecule has 0 bridgehead atoms. The molecule has 106 valence electrons. The first-order valence-electron chi connectivity index (χ1n) is 8.02. The second kappa shape index (κ2) is 6.38. The summed E-state index contributed by atoms with van der Waals surface area (Å²) >= 11 is 0. The van der Waals surface area contributed by atoms with Crippen molar-refractivity contribution in [2.75, 3.05) is 13.7 Å². The Balaban J connectivity index is 2.10. The van der Waals surface area contributed by atoms with Gasteiger partial charge in [-0.25, -0.2) is 0 Å². The van der Waals surface area contributed by atoms with E-state index < -0.39 is 0 Å². The summed E-state index contributed by atoms with van der Waals surface area (Å²) in [5, 5.41) is 3.62. The first-order valence-corrected chi connectivity index (χ1v) is 8.02. The highest BCUT2D eigenvalue weighted by molar-refractivity contribution is 4.97. The number of ether oxygens (including phenoxy) is 1. The van der Waals surface area contributed by atoms with Crippen molar-refractivity contribution >= 4 is 0 Å². The Kier molecular flexibility index (Phi) is 5.08. The van der Waals surface area contributed by atoms with Crippen molar-refractivity contribution in [1.82, 2.24) is 5.32 Å². The molecule has 18 heavy (non-hydrogen) atoms. The molecule has 2 nitrogen and oxygen atoms in total. The normalized spacial score (nSPS) is 39.5. The minimum absolute atomic E-state index is 0.0719. The Morgan fingerprint density at radius 3 is 2.61 bits per heavy atom. The molecule has 1 saturated carbocycles. The molecule has 4 atom stereocenters. The highest BCUT2D eigenvalue weighted by Crippen LogP contribution is 2.41. The van der Waals surface area contributed by atoms with Crippen LogP contribution >= 0.6 is 0 Å². The average Bonchev–Trinajstić information content (AvgIpc) is 2.40. The lowest BCUT2D eigenvalue weighted by molar-refractivity contribution is -0.108. The Morgan fingerprint density at radius 2 is 2.00 bits per heavy atom. The molecule has 0 spiro atoms. The van der Waals surface area contributed by atoms with Crippen molar-refractivity contribution < 1.29 is 4.74 Å². The van der Waals surface area contributed by atoms with Crippen LogP contribution in [0.3, 0.4) is 0 Å². The number of rotatable bonds is 4. The monoisotopic (exact) mass is 253 g/mol. The Bertz CT molecular complexity index is 247. The highest BCUT2D eigenvalue weighted by atomic mass is 16.5. The molecule has 1 saturated heterocycles. The number of nitrogens with one attached hydrogen (secondary N) is 1. The zero-order valence-corrected chi connectivity index (χ0v) is 12.5. The molecule has 2 aliphatic rings. The van der Waals surface area contributed by atoms with Gasteiger partial charge in [-0.1, -0.05) is 32.6 Å². The predicted octanol–water partition coefficient (Wildman–Crippen LogP) is 3.75. The van der Waals surface area contributed by atoms with Gasteiger partial charge >= 0.3 is 0 Å². The summed E-state index contributed by atoms with van der Waals surface area (Å²) in [7, 11) is 2.13. The molecular formula is C16H31NO. The van der Waals surface area contributed by atoms with Crippen LogP contribution < -0.4 is 5.32 Å². The molecule has 0 aromatic heterocycles. The van der Waals surface area contributed by atoms with Gasteiger partial charge in [0.25, 0.3) is 0 Å². The highest BCUT2D eigenvalue weighted by Gasteiger charge is 2.43. The van der Waals surface area contributed by atoms with E-state index in [2.05, 4.69) is 26.2 Å². The summed E-state index contributed by atoms with van der Waals surface area (Å²) in [5.41, 5.74) is 0.0719. The van der Waals surface area contributed by atoms with Gasteiger partial charge in [-0.05, 0) is 51.5 Å². The van der Waals surface area contributed by atoms with Crippen molar-refractivity contribution in [3.8, 4) is 0 Å². The summed E-state index contributed by atoms with van der Waals surface area (Å²) < 4.78 is 6.20. The van der Waals surface area contributed by atoms with E-state index >= 15 is 0 Å². The van der Waals surface area contributed by atoms with E-state index in [0.717, 1.165) is 18.4 Å². The van der Waals surface area contributed by atoms with Crippen LogP contribution in [-0.2, 0) is 4.74 Å². The van der Waals surface area contributed by atoms with Gasteiger partial charge in [0, 0.05) is 12.6 Å². The van der Waals surface area contributed by atoms with Crippen LogP contribution in [0.25, 0.3) is 0 Å². The second-order valence-corrected chi connectivity index (χ2v) is 6.50. The molecule has 2 rings (SSSR count). The number of hydrogen-bond donors (Lipinski definition) is 1. The fourth-order valence-electron chi connectivity index (χ4n) is 4.36. The van der Waals surface area contributed by atoms with Gasteiger partial charge in [0.15, 0.2) is 0 Å². The van der Waals surface area contributed by atoms with E-state index in [0.29, 0.717) is 6.04 Å². The SMILES string of the molecule is CCC1CCCCC1C(NC)C1(C)CCCCO1. The topological polar surface area (TPSA) is 21.3 Å². The summed E-state index contributed by atoms with van der Waals surface area (Å²) in [6.07, 6.45) is 10.8. The number of hydrogen-bond acceptors (Lipinski definition) is 2. The van der Waals surface area contributed by atoms with Crippen molar-refractivity contribution in [3.05, 3.63) is 0 Å². The van der Waals surface area contributed by atoms with Crippen LogP contribution in [0.1, 0.15) is 65.2 Å². The molecule has 1 heterocycles. The van der Waals surface area contributed by atoms with Crippen LogP contribution in [0.2, 0.25) is 0 Å². The lowest BCUT2D eigenvalue weighted by atomic mass is 9.68. The molecule has 0 aromatic rings. The fraction of sp³-hybridized carbons (Fsp3) is 1.00. The minimum atomic E-state index is 0.0719. The van der Waals surface area contributed by atoms with Gasteiger partial charge < -0.3 is 10.1 Å². The molecular weight excluding hydrogens is 222 g/mol. The molecule has 2 fully saturated rings. The summed E-state index contributed by atoms with van der Waals surface area (Å²) in [4.78, 5) is 0. The largest absolute Gasteiger partial charge is 0.374 e. The predicted molar refractivity (Wildman–Crippen MR) is 76.8 cm³/mol. The first-order chi connectivity index (χ1) is 8.71. The van der Waals surface area contributed by atoms with E-state index in [-0.39, 0.29) is 5.60 Å². The third kappa shape index (κ3) is 2.91. The van der Waals surface area contributed by atoms with Crippen molar-refractivity contribution in [2.24, 2.45) is 11.8 Å². The van der Waals surface area contributed by atoms with Crippen LogP contribution in [0.15, 0.2) is 0 Å². The van der Waals surface area contributed by atoms with Crippen molar-refractivity contribution in [1.29, 1.82) is 0 Å². The smallest absolute Gasteiger partial charge is 0.0809 e. The molecule has 1 aliphatic heterocycles. The van der Waals surface area contributed by atoms with Gasteiger partial charge in [0.1, 0.15) is 0 Å². The number of likely N-dealkylation sites (N-methyl/N-ethyl adjacent to an activating group) is 1. The summed E-state index contributed by atoms with van der Waals surface area (Å²) in [6, 6.07) is 0.544. The molecule has 0 radical (unpaired) electrons. The Morgan fingerprint density at radius 1 is 1.22 bits per heavy atom. The quantitative estimate of drug-likeness (QED) is 0.824. The summed E-state index contributed by atoms with van der Waals surface area (Å²) in [6.45, 7) is 5.66. The van der Waals surface area contributed by atoms with Crippen LogP contribution in [0, 0.1) is 11.8 Å². The molecule has 1 N–H and O–H groups in total. The van der Waals surface area contributed by atoms with Crippen LogP contribution in [0.4, 0.5) is 0 Å². The first kappa shape index (κ1) is 14.3. The Hall–Kier alpha value is -0.0800. The molecule has 1 aliphatic carbocycles. The zero-order chi connectivity index (χ0) is 13.0. The van der Waals surface area contributed by atoms with Gasteiger partial charge in [-0.2, -0.15) is 0 Å². The van der Waals surface area contributed by atoms with Crippen molar-refractivity contribution in [3.63, 3.8) is 0 Å². The van der Waals surface area contributed by atoms with Crippen LogP contribution in [0.5, 0.6) is 0 Å². The maximum absolute atomic E-state index is 6.20. The van der Waals surface area contributed by atoms with Gasteiger partial charge in [0.05, 0.1) is 5.60 Å². The minimum Gasteiger partial charge on any atom is -0.374 e. The maximum Gasteiger partial charge on any atom is 0.0809 e. The van der Waals surface area contributed by atoms with E-state index in [1.807, 2.05) is 0 Å². The maximum atomic E-state index is 6.20. The van der Waals surface area contributed by atoms with E-state index in [1.165, 1.54) is 51.4 Å². The zero-order valence-electron chi connectivity index (χ0n) is 12.5. The third-order valence-electron chi connectivity index (χ3n) is 5.39. The van der Waals surface area contributed by atoms with E-state index in [1.54, 1.807) is 0 Å². The standard InChI is InChI=1S/C16H31NO/c1-4-13-9-5-6-10-14(13)15(17-3)16(2)11-7-8-12-18-16/h13-15,17H,4-12H2,1-3H3. The fourth-order valence-corrected chi connectivity index (χ4v) is 4.36. The van der Waals surface area contributed by atoms with Crippen molar-refractivity contribution in [2.45, 2.75) is 76.9 Å². The van der Waals surface area contributed by atoms with Gasteiger partial charge in [-0.3, -0.25) is 0 Å². The van der Waals surface area contributed by atoms with E-state index in [4.69, 9.17) is 4.74 Å². The second-order valence-electron chi connectivity index (χ2n) is 6.50. The van der Waals surface area contributed by atoms with Crippen LogP contribution in [-0.4, -0.2) is 25.3 Å². The van der Waals surface area contributed by atoms with E-state index in [9.17, 15) is 0 Å².